The normalized spacial score (nSPS) is 18.4. The first kappa shape index (κ1) is 9.11. The van der Waals surface area contributed by atoms with Crippen molar-refractivity contribution >= 4 is 0 Å². The summed E-state index contributed by atoms with van der Waals surface area (Å²) in [6.07, 6.45) is 5.95. The molecule has 1 aromatic rings. The molecule has 0 radical (unpaired) electrons. The van der Waals surface area contributed by atoms with Crippen molar-refractivity contribution in [1.29, 1.82) is 0 Å². The van der Waals surface area contributed by atoms with Crippen LogP contribution in [0.5, 0.6) is 5.75 Å². The van der Waals surface area contributed by atoms with Gasteiger partial charge in [-0.05, 0) is 6.07 Å². The van der Waals surface area contributed by atoms with Crippen LogP contribution in [0.2, 0.25) is 0 Å². The van der Waals surface area contributed by atoms with Crippen molar-refractivity contribution in [1.82, 2.24) is 5.32 Å². The lowest BCUT2D eigenvalue weighted by molar-refractivity contribution is 0.312. The third-order valence-corrected chi connectivity index (χ3v) is 2.36. The summed E-state index contributed by atoms with van der Waals surface area (Å²) in [6.45, 7) is 1.56. The predicted octanol–water partition coefficient (Wildman–Crippen LogP) is 1.73. The minimum absolute atomic E-state index is 0.305. The first-order valence-electron chi connectivity index (χ1n) is 4.80. The molecule has 0 amide bonds. The number of terminal acetylenes is 1. The van der Waals surface area contributed by atoms with Gasteiger partial charge in [-0.2, -0.15) is 0 Å². The topological polar surface area (TPSA) is 21.3 Å². The molecule has 0 fully saturated rings. The molecule has 0 saturated heterocycles. The van der Waals surface area contributed by atoms with E-state index in [0.717, 1.165) is 18.7 Å². The van der Waals surface area contributed by atoms with Crippen molar-refractivity contribution in [3.05, 3.63) is 29.8 Å². The van der Waals surface area contributed by atoms with Crippen molar-refractivity contribution in [2.45, 2.75) is 12.5 Å². The van der Waals surface area contributed by atoms with Gasteiger partial charge in [0.05, 0.1) is 6.04 Å². The van der Waals surface area contributed by atoms with Gasteiger partial charge in [-0.15, -0.1) is 12.3 Å². The quantitative estimate of drug-likeness (QED) is 0.575. The fourth-order valence-electron chi connectivity index (χ4n) is 1.65. The summed E-state index contributed by atoms with van der Waals surface area (Å²) in [5.41, 5.74) is 1.24. The van der Waals surface area contributed by atoms with Gasteiger partial charge in [0.25, 0.3) is 0 Å². The van der Waals surface area contributed by atoms with E-state index in [4.69, 9.17) is 11.2 Å². The molecule has 0 aliphatic carbocycles. The average molecular weight is 187 g/mol. The zero-order valence-electron chi connectivity index (χ0n) is 7.99. The van der Waals surface area contributed by atoms with Crippen molar-refractivity contribution in [3.63, 3.8) is 0 Å². The van der Waals surface area contributed by atoms with Crippen LogP contribution in [0.4, 0.5) is 0 Å². The molecule has 1 heterocycles. The maximum Gasteiger partial charge on any atom is 0.124 e. The third kappa shape index (κ3) is 1.73. The lowest BCUT2D eigenvalue weighted by atomic mass is 10.1. The lowest BCUT2D eigenvalue weighted by Gasteiger charge is -2.09. The molecular weight excluding hydrogens is 174 g/mol. The Balaban J connectivity index is 2.00. The molecule has 1 N–H and O–H groups in total. The number of ether oxygens (including phenoxy) is 1. The Bertz CT molecular complexity index is 354. The summed E-state index contributed by atoms with van der Waals surface area (Å²) < 4.78 is 5.53. The summed E-state index contributed by atoms with van der Waals surface area (Å²) >= 11 is 0. The van der Waals surface area contributed by atoms with Crippen LogP contribution in [0, 0.1) is 12.3 Å². The number of hydrogen-bond donors (Lipinski definition) is 1. The zero-order chi connectivity index (χ0) is 9.80. The van der Waals surface area contributed by atoms with Crippen LogP contribution in [0.25, 0.3) is 0 Å². The van der Waals surface area contributed by atoms with E-state index < -0.39 is 0 Å². The molecule has 0 bridgehead atoms. The number of benzene rings is 1. The first-order valence-corrected chi connectivity index (χ1v) is 4.80. The van der Waals surface area contributed by atoms with Gasteiger partial charge in [0.1, 0.15) is 12.4 Å². The summed E-state index contributed by atoms with van der Waals surface area (Å²) in [7, 11) is 0. The second-order valence-electron chi connectivity index (χ2n) is 3.31. The largest absolute Gasteiger partial charge is 0.491 e. The van der Waals surface area contributed by atoms with Gasteiger partial charge in [-0.3, -0.25) is 0 Å². The molecule has 0 saturated carbocycles. The van der Waals surface area contributed by atoms with Gasteiger partial charge >= 0.3 is 0 Å². The first-order chi connectivity index (χ1) is 6.92. The summed E-state index contributed by atoms with van der Waals surface area (Å²) in [6, 6.07) is 8.42. The molecule has 1 aliphatic rings. The summed E-state index contributed by atoms with van der Waals surface area (Å²) in [5, 5.41) is 3.37. The molecule has 2 nitrogen and oxygen atoms in total. The smallest absolute Gasteiger partial charge is 0.124 e. The summed E-state index contributed by atoms with van der Waals surface area (Å²) in [4.78, 5) is 0. The van der Waals surface area contributed by atoms with E-state index in [1.165, 1.54) is 5.56 Å². The molecule has 2 rings (SSSR count). The van der Waals surface area contributed by atoms with Crippen LogP contribution in [-0.4, -0.2) is 13.2 Å². The second kappa shape index (κ2) is 4.17. The average Bonchev–Trinajstić information content (AvgIpc) is 2.63. The van der Waals surface area contributed by atoms with E-state index in [1.54, 1.807) is 0 Å². The fraction of sp³-hybridized carbons (Fsp3) is 0.333. The lowest BCUT2D eigenvalue weighted by Crippen LogP contribution is -2.23. The SMILES string of the molecule is C#CCCNC1COc2ccccc21. The molecule has 0 spiro atoms. The van der Waals surface area contributed by atoms with Gasteiger partial charge in [0.2, 0.25) is 0 Å². The standard InChI is InChI=1S/C12H13NO/c1-2-3-8-13-11-9-14-12-7-5-4-6-10(11)12/h1,4-7,11,13H,3,8-9H2. The van der Waals surface area contributed by atoms with E-state index in [1.807, 2.05) is 18.2 Å². The van der Waals surface area contributed by atoms with Crippen LogP contribution in [0.3, 0.4) is 0 Å². The van der Waals surface area contributed by atoms with Crippen molar-refractivity contribution in [3.8, 4) is 18.1 Å². The van der Waals surface area contributed by atoms with Gasteiger partial charge in [-0.25, -0.2) is 0 Å². The number of hydrogen-bond acceptors (Lipinski definition) is 2. The summed E-state index contributed by atoms with van der Waals surface area (Å²) in [5.74, 6) is 3.60. The number of nitrogens with one attached hydrogen (secondary N) is 1. The number of fused-ring (bicyclic) bond motifs is 1. The van der Waals surface area contributed by atoms with Crippen LogP contribution >= 0.6 is 0 Å². The van der Waals surface area contributed by atoms with Gasteiger partial charge < -0.3 is 10.1 Å². The van der Waals surface area contributed by atoms with Crippen molar-refractivity contribution in [2.24, 2.45) is 0 Å². The molecule has 1 atom stereocenters. The van der Waals surface area contributed by atoms with Crippen LogP contribution < -0.4 is 10.1 Å². The van der Waals surface area contributed by atoms with E-state index >= 15 is 0 Å². The highest BCUT2D eigenvalue weighted by molar-refractivity contribution is 5.39. The van der Waals surface area contributed by atoms with E-state index in [-0.39, 0.29) is 0 Å². The maximum absolute atomic E-state index is 5.53. The molecule has 72 valence electrons. The zero-order valence-corrected chi connectivity index (χ0v) is 7.99. The molecule has 1 unspecified atom stereocenters. The predicted molar refractivity (Wildman–Crippen MR) is 56.1 cm³/mol. The van der Waals surface area contributed by atoms with Crippen molar-refractivity contribution in [2.75, 3.05) is 13.2 Å². The Morgan fingerprint density at radius 1 is 1.50 bits per heavy atom. The Labute approximate surface area is 84.3 Å². The third-order valence-electron chi connectivity index (χ3n) is 2.36. The fourth-order valence-corrected chi connectivity index (χ4v) is 1.65. The van der Waals surface area contributed by atoms with E-state index in [9.17, 15) is 0 Å². The Hall–Kier alpha value is -1.46. The monoisotopic (exact) mass is 187 g/mol. The Morgan fingerprint density at radius 2 is 2.36 bits per heavy atom. The molecule has 1 aliphatic heterocycles. The minimum atomic E-state index is 0.305. The molecular formula is C12H13NO. The van der Waals surface area contributed by atoms with E-state index in [0.29, 0.717) is 12.6 Å². The van der Waals surface area contributed by atoms with Crippen LogP contribution in [0.15, 0.2) is 24.3 Å². The van der Waals surface area contributed by atoms with Crippen LogP contribution in [0.1, 0.15) is 18.0 Å². The highest BCUT2D eigenvalue weighted by atomic mass is 16.5. The number of rotatable bonds is 3. The highest BCUT2D eigenvalue weighted by Gasteiger charge is 2.22. The van der Waals surface area contributed by atoms with Crippen molar-refractivity contribution < 1.29 is 4.74 Å². The molecule has 2 heteroatoms. The minimum Gasteiger partial charge on any atom is -0.491 e. The van der Waals surface area contributed by atoms with Crippen LogP contribution in [-0.2, 0) is 0 Å². The highest BCUT2D eigenvalue weighted by Crippen LogP contribution is 2.31. The van der Waals surface area contributed by atoms with Gasteiger partial charge in [-0.1, -0.05) is 18.2 Å². The van der Waals surface area contributed by atoms with Gasteiger partial charge in [0.15, 0.2) is 0 Å². The second-order valence-corrected chi connectivity index (χ2v) is 3.31. The Morgan fingerprint density at radius 3 is 3.21 bits per heavy atom. The van der Waals surface area contributed by atoms with Gasteiger partial charge in [0, 0.05) is 18.5 Å². The Kier molecular flexibility index (Phi) is 2.71. The molecule has 0 aromatic heterocycles. The van der Waals surface area contributed by atoms with E-state index in [2.05, 4.69) is 17.3 Å². The number of para-hydroxylation sites is 1. The molecule has 14 heavy (non-hydrogen) atoms. The maximum atomic E-state index is 5.53. The molecule has 1 aromatic carbocycles.